The molecule has 4 nitrogen and oxygen atoms in total. The molecule has 0 spiro atoms. The van der Waals surface area contributed by atoms with Crippen molar-refractivity contribution >= 4 is 34.2 Å². The molecule has 1 aromatic heterocycles. The molecule has 0 fully saturated rings. The average Bonchev–Trinajstić information content (AvgIpc) is 2.35. The largest absolute Gasteiger partial charge is 0.464 e. The lowest BCUT2D eigenvalue weighted by Crippen LogP contribution is -2.05. The van der Waals surface area contributed by atoms with Crippen LogP contribution in [0.4, 0.5) is 5.69 Å². The first-order valence-electron chi connectivity index (χ1n) is 5.02. The number of pyridine rings is 1. The summed E-state index contributed by atoms with van der Waals surface area (Å²) in [6.45, 7) is 0. The van der Waals surface area contributed by atoms with E-state index in [1.165, 1.54) is 7.11 Å². The van der Waals surface area contributed by atoms with E-state index in [4.69, 9.17) is 11.6 Å². The molecule has 0 aliphatic rings. The Balaban J connectivity index is 2.71. The third-order valence-electron chi connectivity index (χ3n) is 2.44. The molecule has 0 unspecified atom stereocenters. The van der Waals surface area contributed by atoms with Crippen LogP contribution in [0.25, 0.3) is 10.9 Å². The van der Waals surface area contributed by atoms with Gasteiger partial charge in [0.2, 0.25) is 0 Å². The first kappa shape index (κ1) is 11.7. The molecule has 0 atom stereocenters. The summed E-state index contributed by atoms with van der Waals surface area (Å²) in [5, 5.41) is 4.50. The third kappa shape index (κ3) is 2.17. The summed E-state index contributed by atoms with van der Waals surface area (Å²) in [4.78, 5) is 15.7. The summed E-state index contributed by atoms with van der Waals surface area (Å²) < 4.78 is 4.65. The number of ether oxygens (including phenoxy) is 1. The Morgan fingerprint density at radius 2 is 2.18 bits per heavy atom. The first-order chi connectivity index (χ1) is 8.15. The van der Waals surface area contributed by atoms with Gasteiger partial charge in [-0.3, -0.25) is 0 Å². The number of nitrogens with zero attached hydrogens (tertiary/aromatic N) is 1. The molecule has 1 N–H and O–H groups in total. The lowest BCUT2D eigenvalue weighted by atomic mass is 10.1. The van der Waals surface area contributed by atoms with Crippen molar-refractivity contribution in [2.24, 2.45) is 0 Å². The van der Waals surface area contributed by atoms with E-state index in [2.05, 4.69) is 15.0 Å². The van der Waals surface area contributed by atoms with Crippen LogP contribution in [0.3, 0.4) is 0 Å². The highest BCUT2D eigenvalue weighted by molar-refractivity contribution is 6.31. The van der Waals surface area contributed by atoms with Gasteiger partial charge >= 0.3 is 5.97 Å². The van der Waals surface area contributed by atoms with Crippen molar-refractivity contribution in [3.05, 3.63) is 35.0 Å². The average molecular weight is 251 g/mol. The normalized spacial score (nSPS) is 10.3. The van der Waals surface area contributed by atoms with Crippen molar-refractivity contribution in [1.29, 1.82) is 0 Å². The second-order valence-electron chi connectivity index (χ2n) is 3.46. The molecule has 0 bridgehead atoms. The summed E-state index contributed by atoms with van der Waals surface area (Å²) in [5.74, 6) is -0.469. The number of fused-ring (bicyclic) bond motifs is 1. The van der Waals surface area contributed by atoms with Crippen LogP contribution in [0.5, 0.6) is 0 Å². The Morgan fingerprint density at radius 1 is 1.41 bits per heavy atom. The minimum Gasteiger partial charge on any atom is -0.464 e. The van der Waals surface area contributed by atoms with Crippen LogP contribution in [0.1, 0.15) is 10.5 Å². The Labute approximate surface area is 104 Å². The van der Waals surface area contributed by atoms with Gasteiger partial charge in [-0.25, -0.2) is 9.78 Å². The zero-order valence-corrected chi connectivity index (χ0v) is 10.2. The minimum absolute atomic E-state index is 0.256. The lowest BCUT2D eigenvalue weighted by Gasteiger charge is -2.08. The van der Waals surface area contributed by atoms with Crippen molar-refractivity contribution in [2.75, 3.05) is 19.5 Å². The maximum atomic E-state index is 11.5. The van der Waals surface area contributed by atoms with Crippen LogP contribution in [-0.2, 0) is 4.74 Å². The highest BCUT2D eigenvalue weighted by Gasteiger charge is 2.11. The van der Waals surface area contributed by atoms with Crippen molar-refractivity contribution < 1.29 is 9.53 Å². The first-order valence-corrected chi connectivity index (χ1v) is 5.40. The van der Waals surface area contributed by atoms with Gasteiger partial charge < -0.3 is 10.1 Å². The monoisotopic (exact) mass is 250 g/mol. The van der Waals surface area contributed by atoms with Crippen LogP contribution < -0.4 is 5.32 Å². The fourth-order valence-electron chi connectivity index (χ4n) is 1.62. The number of nitrogens with one attached hydrogen (secondary N) is 1. The minimum atomic E-state index is -0.469. The number of rotatable bonds is 2. The third-order valence-corrected chi connectivity index (χ3v) is 2.67. The molecule has 2 aromatic rings. The predicted octanol–water partition coefficient (Wildman–Crippen LogP) is 2.72. The maximum absolute atomic E-state index is 11.5. The highest BCUT2D eigenvalue weighted by Crippen LogP contribution is 2.25. The Kier molecular flexibility index (Phi) is 3.15. The number of benzene rings is 1. The van der Waals surface area contributed by atoms with Gasteiger partial charge in [-0.1, -0.05) is 11.6 Å². The number of hydrogen-bond donors (Lipinski definition) is 1. The number of halogens is 1. The topological polar surface area (TPSA) is 51.2 Å². The van der Waals surface area contributed by atoms with E-state index in [1.807, 2.05) is 6.07 Å². The fourth-order valence-corrected chi connectivity index (χ4v) is 1.78. The van der Waals surface area contributed by atoms with Gasteiger partial charge in [-0.2, -0.15) is 0 Å². The molecule has 1 aromatic carbocycles. The molecule has 0 aliphatic carbocycles. The van der Waals surface area contributed by atoms with Gasteiger partial charge in [0.15, 0.2) is 5.69 Å². The Morgan fingerprint density at radius 3 is 2.82 bits per heavy atom. The number of carbonyl (C=O) groups is 1. The summed E-state index contributed by atoms with van der Waals surface area (Å²) >= 11 is 5.90. The van der Waals surface area contributed by atoms with Crippen molar-refractivity contribution in [3.8, 4) is 0 Å². The predicted molar refractivity (Wildman–Crippen MR) is 67.6 cm³/mol. The van der Waals surface area contributed by atoms with Gasteiger partial charge in [-0.05, 0) is 24.3 Å². The van der Waals surface area contributed by atoms with E-state index in [1.54, 1.807) is 25.2 Å². The molecular formula is C12H11ClN2O2. The van der Waals surface area contributed by atoms with Crippen LogP contribution in [-0.4, -0.2) is 25.1 Å². The van der Waals surface area contributed by atoms with Crippen LogP contribution in [0, 0.1) is 0 Å². The van der Waals surface area contributed by atoms with E-state index in [0.29, 0.717) is 10.5 Å². The van der Waals surface area contributed by atoms with E-state index in [-0.39, 0.29) is 5.69 Å². The Bertz CT molecular complexity index is 584. The number of hydrogen-bond acceptors (Lipinski definition) is 4. The van der Waals surface area contributed by atoms with Gasteiger partial charge in [0.1, 0.15) is 0 Å². The van der Waals surface area contributed by atoms with E-state index < -0.39 is 5.97 Å². The van der Waals surface area contributed by atoms with Gasteiger partial charge in [-0.15, -0.1) is 0 Å². The molecule has 17 heavy (non-hydrogen) atoms. The zero-order valence-electron chi connectivity index (χ0n) is 9.45. The van der Waals surface area contributed by atoms with Crippen molar-refractivity contribution in [3.63, 3.8) is 0 Å². The molecule has 0 aliphatic heterocycles. The molecule has 2 rings (SSSR count). The highest BCUT2D eigenvalue weighted by atomic mass is 35.5. The van der Waals surface area contributed by atoms with E-state index in [9.17, 15) is 4.79 Å². The number of esters is 1. The van der Waals surface area contributed by atoms with Crippen LogP contribution in [0.15, 0.2) is 24.3 Å². The second kappa shape index (κ2) is 4.59. The number of methoxy groups -OCH3 is 1. The summed E-state index contributed by atoms with van der Waals surface area (Å²) in [5.41, 5.74) is 1.73. The lowest BCUT2D eigenvalue weighted by molar-refractivity contribution is 0.0594. The quantitative estimate of drug-likeness (QED) is 0.833. The molecule has 1 heterocycles. The van der Waals surface area contributed by atoms with Gasteiger partial charge in [0.25, 0.3) is 0 Å². The van der Waals surface area contributed by atoms with E-state index in [0.717, 1.165) is 11.1 Å². The zero-order chi connectivity index (χ0) is 12.4. The number of carbonyl (C=O) groups excluding carboxylic acids is 1. The maximum Gasteiger partial charge on any atom is 0.356 e. The summed E-state index contributed by atoms with van der Waals surface area (Å²) in [6.07, 6.45) is 0. The fraction of sp³-hybridized carbons (Fsp3) is 0.167. The van der Waals surface area contributed by atoms with Crippen molar-refractivity contribution in [1.82, 2.24) is 4.98 Å². The number of aromatic nitrogens is 1. The molecule has 0 amide bonds. The van der Waals surface area contributed by atoms with Gasteiger partial charge in [0.05, 0.1) is 12.6 Å². The van der Waals surface area contributed by atoms with Crippen LogP contribution in [0.2, 0.25) is 5.02 Å². The standard InChI is InChI=1S/C12H11ClN2O2/c1-14-9-6-11(12(16)17-2)15-10-5-7(13)3-4-8(9)10/h3-6H,1-2H3,(H,14,15). The van der Waals surface area contributed by atoms with Crippen molar-refractivity contribution in [2.45, 2.75) is 0 Å². The van der Waals surface area contributed by atoms with E-state index >= 15 is 0 Å². The van der Waals surface area contributed by atoms with Crippen LogP contribution >= 0.6 is 11.6 Å². The Hall–Kier alpha value is -1.81. The van der Waals surface area contributed by atoms with Gasteiger partial charge in [0, 0.05) is 23.1 Å². The molecule has 88 valence electrons. The SMILES string of the molecule is CNc1cc(C(=O)OC)nc2cc(Cl)ccc12. The number of anilines is 1. The molecule has 0 saturated carbocycles. The molecular weight excluding hydrogens is 240 g/mol. The molecule has 5 heteroatoms. The molecule has 0 saturated heterocycles. The summed E-state index contributed by atoms with van der Waals surface area (Å²) in [7, 11) is 3.11. The second-order valence-corrected chi connectivity index (χ2v) is 3.89. The molecule has 0 radical (unpaired) electrons. The summed E-state index contributed by atoms with van der Waals surface area (Å²) in [6, 6.07) is 7.01. The smallest absolute Gasteiger partial charge is 0.356 e.